The number of ether oxygens (including phenoxy) is 1. The number of thiophene rings is 1. The standard InChI is InChI=1S/C29H32N2O4S/c1-20-9-6-7-13-25(20)31(26(32)19-24-12-8-18-36-24)27(28(33)30-23-10-4-3-5-11-23)21-14-16-22(17-15-21)29(34)35-2/h6-9,12-18,23,27H,3-5,10-11,19H2,1-2H3,(H,30,33)/t27-/m1/s1. The topological polar surface area (TPSA) is 75.7 Å². The second-order valence-corrected chi connectivity index (χ2v) is 10.2. The van der Waals surface area contributed by atoms with Crippen molar-refractivity contribution in [2.45, 2.75) is 57.5 Å². The fraction of sp³-hybridized carbons (Fsp3) is 0.345. The van der Waals surface area contributed by atoms with Crippen molar-refractivity contribution in [2.24, 2.45) is 0 Å². The van der Waals surface area contributed by atoms with E-state index in [-0.39, 0.29) is 24.3 Å². The first-order valence-electron chi connectivity index (χ1n) is 12.4. The number of hydrogen-bond acceptors (Lipinski definition) is 5. The first kappa shape index (κ1) is 25.6. The van der Waals surface area contributed by atoms with E-state index in [1.54, 1.807) is 29.2 Å². The summed E-state index contributed by atoms with van der Waals surface area (Å²) >= 11 is 1.52. The summed E-state index contributed by atoms with van der Waals surface area (Å²) in [6.07, 6.45) is 5.42. The molecule has 36 heavy (non-hydrogen) atoms. The summed E-state index contributed by atoms with van der Waals surface area (Å²) in [5, 5.41) is 5.17. The summed E-state index contributed by atoms with van der Waals surface area (Å²) < 4.78 is 4.83. The van der Waals surface area contributed by atoms with Crippen LogP contribution in [-0.2, 0) is 20.7 Å². The highest BCUT2D eigenvalue weighted by atomic mass is 32.1. The summed E-state index contributed by atoms with van der Waals surface area (Å²) in [5.74, 6) is -0.822. The van der Waals surface area contributed by atoms with Crippen LogP contribution < -0.4 is 10.2 Å². The van der Waals surface area contributed by atoms with Crippen molar-refractivity contribution >= 4 is 34.8 Å². The Morgan fingerprint density at radius 1 is 1.00 bits per heavy atom. The summed E-state index contributed by atoms with van der Waals surface area (Å²) in [4.78, 5) is 42.4. The second kappa shape index (κ2) is 12.0. The molecule has 7 heteroatoms. The lowest BCUT2D eigenvalue weighted by atomic mass is 9.94. The van der Waals surface area contributed by atoms with Gasteiger partial charge in [0.2, 0.25) is 11.8 Å². The lowest BCUT2D eigenvalue weighted by Gasteiger charge is -2.34. The molecule has 0 unspecified atom stereocenters. The Hall–Kier alpha value is -3.45. The summed E-state index contributed by atoms with van der Waals surface area (Å²) in [6, 6.07) is 17.4. The number of para-hydroxylation sites is 1. The number of anilines is 1. The Morgan fingerprint density at radius 2 is 1.72 bits per heavy atom. The van der Waals surface area contributed by atoms with Gasteiger partial charge in [-0.3, -0.25) is 14.5 Å². The third-order valence-corrected chi connectivity index (χ3v) is 7.53. The minimum absolute atomic E-state index is 0.0919. The molecule has 1 saturated carbocycles. The minimum atomic E-state index is -0.882. The fourth-order valence-electron chi connectivity index (χ4n) is 4.76. The largest absolute Gasteiger partial charge is 0.465 e. The van der Waals surface area contributed by atoms with Crippen LogP contribution >= 0.6 is 11.3 Å². The van der Waals surface area contributed by atoms with E-state index in [0.29, 0.717) is 16.8 Å². The van der Waals surface area contributed by atoms with Crippen molar-refractivity contribution in [1.29, 1.82) is 0 Å². The average Bonchev–Trinajstić information content (AvgIpc) is 3.41. The maximum atomic E-state index is 13.9. The van der Waals surface area contributed by atoms with Gasteiger partial charge in [-0.2, -0.15) is 0 Å². The van der Waals surface area contributed by atoms with E-state index in [1.165, 1.54) is 24.9 Å². The third kappa shape index (κ3) is 6.02. The van der Waals surface area contributed by atoms with Gasteiger partial charge in [0.25, 0.3) is 0 Å². The van der Waals surface area contributed by atoms with E-state index in [9.17, 15) is 14.4 Å². The number of carbonyl (C=O) groups excluding carboxylic acids is 3. The van der Waals surface area contributed by atoms with E-state index in [2.05, 4.69) is 5.32 Å². The quantitative estimate of drug-likeness (QED) is 0.405. The van der Waals surface area contributed by atoms with Crippen LogP contribution in [0, 0.1) is 6.92 Å². The molecule has 1 atom stereocenters. The van der Waals surface area contributed by atoms with E-state index < -0.39 is 12.0 Å². The normalized spacial score (nSPS) is 14.6. The maximum absolute atomic E-state index is 13.9. The zero-order valence-corrected chi connectivity index (χ0v) is 21.6. The Kier molecular flexibility index (Phi) is 8.54. The van der Waals surface area contributed by atoms with E-state index in [4.69, 9.17) is 4.74 Å². The van der Waals surface area contributed by atoms with Gasteiger partial charge in [0.15, 0.2) is 0 Å². The monoisotopic (exact) mass is 504 g/mol. The van der Waals surface area contributed by atoms with Crippen molar-refractivity contribution < 1.29 is 19.1 Å². The Labute approximate surface area is 216 Å². The molecule has 0 bridgehead atoms. The van der Waals surface area contributed by atoms with Gasteiger partial charge in [0.1, 0.15) is 6.04 Å². The van der Waals surface area contributed by atoms with Crippen LogP contribution in [0.1, 0.15) is 64.5 Å². The highest BCUT2D eigenvalue weighted by Gasteiger charge is 2.35. The van der Waals surface area contributed by atoms with Gasteiger partial charge in [-0.15, -0.1) is 11.3 Å². The van der Waals surface area contributed by atoms with Gasteiger partial charge >= 0.3 is 5.97 Å². The van der Waals surface area contributed by atoms with Crippen LogP contribution in [0.3, 0.4) is 0 Å². The minimum Gasteiger partial charge on any atom is -0.465 e. The van der Waals surface area contributed by atoms with Crippen LogP contribution in [0.15, 0.2) is 66.0 Å². The van der Waals surface area contributed by atoms with Gasteiger partial charge in [-0.1, -0.05) is 55.7 Å². The molecule has 6 nitrogen and oxygen atoms in total. The molecular weight excluding hydrogens is 472 g/mol. The average molecular weight is 505 g/mol. The van der Waals surface area contributed by atoms with Gasteiger partial charge in [-0.25, -0.2) is 4.79 Å². The number of esters is 1. The third-order valence-electron chi connectivity index (χ3n) is 6.65. The molecule has 2 amide bonds. The SMILES string of the molecule is COC(=O)c1ccc([C@H](C(=O)NC2CCCCC2)N(C(=O)Cc2cccs2)c2ccccc2C)cc1. The summed E-state index contributed by atoms with van der Waals surface area (Å²) in [5.41, 5.74) is 2.62. The molecule has 188 valence electrons. The number of benzene rings is 2. The molecule has 1 aromatic heterocycles. The number of nitrogens with zero attached hydrogens (tertiary/aromatic N) is 1. The Bertz CT molecular complexity index is 1180. The molecule has 0 radical (unpaired) electrons. The molecular formula is C29H32N2O4S. The molecule has 0 saturated heterocycles. The molecule has 1 fully saturated rings. The van der Waals surface area contributed by atoms with Gasteiger partial charge < -0.3 is 10.1 Å². The Morgan fingerprint density at radius 3 is 2.36 bits per heavy atom. The van der Waals surface area contributed by atoms with Crippen LogP contribution in [0.5, 0.6) is 0 Å². The molecule has 3 aromatic rings. The van der Waals surface area contributed by atoms with Crippen LogP contribution in [0.2, 0.25) is 0 Å². The number of nitrogens with one attached hydrogen (secondary N) is 1. The summed E-state index contributed by atoms with van der Waals surface area (Å²) in [7, 11) is 1.33. The van der Waals surface area contributed by atoms with Crippen LogP contribution in [-0.4, -0.2) is 30.9 Å². The number of rotatable bonds is 8. The number of aryl methyl sites for hydroxylation is 1. The van der Waals surface area contributed by atoms with Crippen molar-refractivity contribution in [3.05, 3.63) is 87.6 Å². The van der Waals surface area contributed by atoms with Gasteiger partial charge in [0, 0.05) is 16.6 Å². The fourth-order valence-corrected chi connectivity index (χ4v) is 5.46. The Balaban J connectivity index is 1.77. The second-order valence-electron chi connectivity index (χ2n) is 9.17. The predicted octanol–water partition coefficient (Wildman–Crippen LogP) is 5.61. The number of amides is 2. The first-order chi connectivity index (χ1) is 17.5. The highest BCUT2D eigenvalue weighted by Crippen LogP contribution is 2.32. The summed E-state index contributed by atoms with van der Waals surface area (Å²) in [6.45, 7) is 1.94. The van der Waals surface area contributed by atoms with Crippen molar-refractivity contribution in [3.8, 4) is 0 Å². The lowest BCUT2D eigenvalue weighted by Crippen LogP contribution is -2.48. The van der Waals surface area contributed by atoms with E-state index >= 15 is 0 Å². The van der Waals surface area contributed by atoms with Crippen molar-refractivity contribution in [2.75, 3.05) is 12.0 Å². The van der Waals surface area contributed by atoms with Crippen LogP contribution in [0.25, 0.3) is 0 Å². The molecule has 2 aromatic carbocycles. The molecule has 4 rings (SSSR count). The molecule has 1 heterocycles. The smallest absolute Gasteiger partial charge is 0.337 e. The van der Waals surface area contributed by atoms with Crippen LogP contribution in [0.4, 0.5) is 5.69 Å². The highest BCUT2D eigenvalue weighted by molar-refractivity contribution is 7.10. The van der Waals surface area contributed by atoms with Gasteiger partial charge in [-0.05, 0) is 60.5 Å². The zero-order valence-electron chi connectivity index (χ0n) is 20.7. The van der Waals surface area contributed by atoms with Crippen molar-refractivity contribution in [1.82, 2.24) is 5.32 Å². The van der Waals surface area contributed by atoms with Crippen molar-refractivity contribution in [3.63, 3.8) is 0 Å². The van der Waals surface area contributed by atoms with E-state index in [0.717, 1.165) is 36.1 Å². The predicted molar refractivity (Wildman–Crippen MR) is 142 cm³/mol. The molecule has 0 spiro atoms. The number of carbonyl (C=O) groups is 3. The van der Waals surface area contributed by atoms with E-state index in [1.807, 2.05) is 48.7 Å². The lowest BCUT2D eigenvalue weighted by molar-refractivity contribution is -0.127. The number of methoxy groups -OCH3 is 1. The maximum Gasteiger partial charge on any atom is 0.337 e. The molecule has 0 aliphatic heterocycles. The molecule has 1 N–H and O–H groups in total. The van der Waals surface area contributed by atoms with Gasteiger partial charge in [0.05, 0.1) is 19.1 Å². The molecule has 1 aliphatic carbocycles. The first-order valence-corrected chi connectivity index (χ1v) is 13.2. The number of hydrogen-bond donors (Lipinski definition) is 1. The molecule has 1 aliphatic rings. The zero-order chi connectivity index (χ0) is 25.5.